The summed E-state index contributed by atoms with van der Waals surface area (Å²) in [4.78, 5) is 4.79. The van der Waals surface area contributed by atoms with E-state index in [-0.39, 0.29) is 5.82 Å². The number of piperazine rings is 1. The fraction of sp³-hybridized carbons (Fsp3) is 0.333. The van der Waals surface area contributed by atoms with Crippen LogP contribution in [0.25, 0.3) is 0 Å². The molecule has 116 valence electrons. The second kappa shape index (κ2) is 7.23. The van der Waals surface area contributed by atoms with E-state index in [0.29, 0.717) is 0 Å². The van der Waals surface area contributed by atoms with E-state index in [9.17, 15) is 4.39 Å². The summed E-state index contributed by atoms with van der Waals surface area (Å²) in [5.74, 6) is -0.158. The van der Waals surface area contributed by atoms with Gasteiger partial charge in [-0.15, -0.1) is 0 Å². The van der Waals surface area contributed by atoms with Gasteiger partial charge in [0, 0.05) is 44.3 Å². The van der Waals surface area contributed by atoms with Gasteiger partial charge in [-0.2, -0.15) is 0 Å². The van der Waals surface area contributed by atoms with E-state index in [1.807, 2.05) is 24.3 Å². The summed E-state index contributed by atoms with van der Waals surface area (Å²) in [6.07, 6.45) is 0. The summed E-state index contributed by atoms with van der Waals surface area (Å²) >= 11 is 6.22. The molecule has 0 unspecified atom stereocenters. The molecule has 1 heterocycles. The van der Waals surface area contributed by atoms with E-state index >= 15 is 0 Å². The van der Waals surface area contributed by atoms with Crippen molar-refractivity contribution < 1.29 is 4.39 Å². The van der Waals surface area contributed by atoms with E-state index in [1.165, 1.54) is 11.6 Å². The van der Waals surface area contributed by atoms with Gasteiger partial charge < -0.3 is 0 Å². The fourth-order valence-corrected chi connectivity index (χ4v) is 3.06. The molecule has 0 atom stereocenters. The molecule has 1 saturated heterocycles. The zero-order valence-electron chi connectivity index (χ0n) is 12.5. The SMILES string of the molecule is Fc1cccc(CN2CCN(Cc3ccccc3Cl)CC2)c1. The molecule has 1 aliphatic rings. The van der Waals surface area contributed by atoms with Crippen LogP contribution in [0.5, 0.6) is 0 Å². The molecule has 0 N–H and O–H groups in total. The third-order valence-electron chi connectivity index (χ3n) is 4.11. The monoisotopic (exact) mass is 318 g/mol. The molecule has 0 aliphatic carbocycles. The highest BCUT2D eigenvalue weighted by Crippen LogP contribution is 2.18. The van der Waals surface area contributed by atoms with Crippen molar-refractivity contribution in [3.8, 4) is 0 Å². The fourth-order valence-electron chi connectivity index (χ4n) is 2.87. The predicted octanol–water partition coefficient (Wildman–Crippen LogP) is 3.80. The van der Waals surface area contributed by atoms with Crippen LogP contribution in [0, 0.1) is 5.82 Å². The average Bonchev–Trinajstić information content (AvgIpc) is 2.52. The third kappa shape index (κ3) is 4.07. The Balaban J connectivity index is 1.51. The van der Waals surface area contributed by atoms with E-state index in [4.69, 9.17) is 11.6 Å². The number of benzene rings is 2. The Kier molecular flexibility index (Phi) is 5.08. The van der Waals surface area contributed by atoms with Crippen LogP contribution in [0.3, 0.4) is 0 Å². The number of hydrogen-bond donors (Lipinski definition) is 0. The van der Waals surface area contributed by atoms with Gasteiger partial charge in [0.25, 0.3) is 0 Å². The van der Waals surface area contributed by atoms with Gasteiger partial charge in [0.1, 0.15) is 5.82 Å². The Labute approximate surface area is 136 Å². The standard InChI is InChI=1S/C18H20ClFN2/c19-18-7-2-1-5-16(18)14-22-10-8-21(9-11-22)13-15-4-3-6-17(20)12-15/h1-7,12H,8-11,13-14H2. The highest BCUT2D eigenvalue weighted by molar-refractivity contribution is 6.31. The number of hydrogen-bond acceptors (Lipinski definition) is 2. The Bertz CT molecular complexity index is 624. The first-order valence-electron chi connectivity index (χ1n) is 7.63. The summed E-state index contributed by atoms with van der Waals surface area (Å²) in [6, 6.07) is 14.9. The van der Waals surface area contributed by atoms with Gasteiger partial charge in [0.05, 0.1) is 0 Å². The smallest absolute Gasteiger partial charge is 0.123 e. The Hall–Kier alpha value is -1.42. The van der Waals surface area contributed by atoms with Crippen LogP contribution in [0.4, 0.5) is 4.39 Å². The Morgan fingerprint density at radius 2 is 1.55 bits per heavy atom. The molecule has 3 rings (SSSR count). The number of rotatable bonds is 4. The maximum atomic E-state index is 13.2. The molecule has 22 heavy (non-hydrogen) atoms. The molecular formula is C18H20ClFN2. The lowest BCUT2D eigenvalue weighted by Crippen LogP contribution is -2.45. The molecule has 2 aromatic rings. The summed E-state index contributed by atoms with van der Waals surface area (Å²) in [5.41, 5.74) is 2.22. The molecule has 0 amide bonds. The van der Waals surface area contributed by atoms with Crippen molar-refractivity contribution in [2.24, 2.45) is 0 Å². The number of nitrogens with zero attached hydrogens (tertiary/aromatic N) is 2. The van der Waals surface area contributed by atoms with Crippen molar-refractivity contribution in [3.63, 3.8) is 0 Å². The minimum Gasteiger partial charge on any atom is -0.297 e. The number of halogens is 2. The van der Waals surface area contributed by atoms with Crippen LogP contribution in [0.1, 0.15) is 11.1 Å². The van der Waals surface area contributed by atoms with Crippen LogP contribution >= 0.6 is 11.6 Å². The first-order chi connectivity index (χ1) is 10.7. The van der Waals surface area contributed by atoms with Crippen molar-refractivity contribution in [3.05, 3.63) is 70.5 Å². The molecule has 0 bridgehead atoms. The molecule has 0 radical (unpaired) electrons. The summed E-state index contributed by atoms with van der Waals surface area (Å²) in [7, 11) is 0. The normalized spacial score (nSPS) is 16.8. The van der Waals surface area contributed by atoms with Gasteiger partial charge in [-0.3, -0.25) is 9.80 Å². The van der Waals surface area contributed by atoms with Crippen molar-refractivity contribution in [1.29, 1.82) is 0 Å². The van der Waals surface area contributed by atoms with E-state index < -0.39 is 0 Å². The Morgan fingerprint density at radius 1 is 0.864 bits per heavy atom. The van der Waals surface area contributed by atoms with Crippen LogP contribution in [-0.2, 0) is 13.1 Å². The molecule has 2 aromatic carbocycles. The molecule has 2 nitrogen and oxygen atoms in total. The molecule has 4 heteroatoms. The van der Waals surface area contributed by atoms with Gasteiger partial charge in [-0.1, -0.05) is 41.9 Å². The van der Waals surface area contributed by atoms with E-state index in [0.717, 1.165) is 49.9 Å². The van der Waals surface area contributed by atoms with Gasteiger partial charge in [0.2, 0.25) is 0 Å². The van der Waals surface area contributed by atoms with Crippen molar-refractivity contribution >= 4 is 11.6 Å². The zero-order chi connectivity index (χ0) is 15.4. The molecular weight excluding hydrogens is 299 g/mol. The van der Waals surface area contributed by atoms with Crippen LogP contribution < -0.4 is 0 Å². The van der Waals surface area contributed by atoms with E-state index in [1.54, 1.807) is 12.1 Å². The van der Waals surface area contributed by atoms with Gasteiger partial charge >= 0.3 is 0 Å². The maximum Gasteiger partial charge on any atom is 0.123 e. The van der Waals surface area contributed by atoms with Gasteiger partial charge in [-0.25, -0.2) is 4.39 Å². The van der Waals surface area contributed by atoms with Gasteiger partial charge in [0.15, 0.2) is 0 Å². The largest absolute Gasteiger partial charge is 0.297 e. The lowest BCUT2D eigenvalue weighted by atomic mass is 10.1. The van der Waals surface area contributed by atoms with E-state index in [2.05, 4.69) is 15.9 Å². The summed E-state index contributed by atoms with van der Waals surface area (Å²) < 4.78 is 13.2. The minimum atomic E-state index is -0.158. The van der Waals surface area contributed by atoms with Crippen molar-refractivity contribution in [2.75, 3.05) is 26.2 Å². The molecule has 1 fully saturated rings. The second-order valence-electron chi connectivity index (χ2n) is 5.77. The summed E-state index contributed by atoms with van der Waals surface area (Å²) in [5, 5.41) is 0.838. The molecule has 0 aromatic heterocycles. The van der Waals surface area contributed by atoms with Crippen LogP contribution in [-0.4, -0.2) is 36.0 Å². The summed E-state index contributed by atoms with van der Waals surface area (Å²) in [6.45, 7) is 5.74. The molecule has 0 spiro atoms. The topological polar surface area (TPSA) is 6.48 Å². The first-order valence-corrected chi connectivity index (χ1v) is 8.01. The lowest BCUT2D eigenvalue weighted by Gasteiger charge is -2.34. The lowest BCUT2D eigenvalue weighted by molar-refractivity contribution is 0.122. The quantitative estimate of drug-likeness (QED) is 0.846. The average molecular weight is 319 g/mol. The highest BCUT2D eigenvalue weighted by Gasteiger charge is 2.17. The first kappa shape index (κ1) is 15.5. The third-order valence-corrected chi connectivity index (χ3v) is 4.48. The highest BCUT2D eigenvalue weighted by atomic mass is 35.5. The van der Waals surface area contributed by atoms with Crippen molar-refractivity contribution in [1.82, 2.24) is 9.80 Å². The second-order valence-corrected chi connectivity index (χ2v) is 6.18. The van der Waals surface area contributed by atoms with Crippen LogP contribution in [0.15, 0.2) is 48.5 Å². The van der Waals surface area contributed by atoms with Crippen molar-refractivity contribution in [2.45, 2.75) is 13.1 Å². The Morgan fingerprint density at radius 3 is 2.23 bits per heavy atom. The predicted molar refractivity (Wildman–Crippen MR) is 88.4 cm³/mol. The zero-order valence-corrected chi connectivity index (χ0v) is 13.3. The minimum absolute atomic E-state index is 0.158. The molecule has 1 aliphatic heterocycles. The van der Waals surface area contributed by atoms with Gasteiger partial charge in [-0.05, 0) is 29.3 Å². The van der Waals surface area contributed by atoms with Crippen LogP contribution in [0.2, 0.25) is 5.02 Å². The maximum absolute atomic E-state index is 13.2. The molecule has 0 saturated carbocycles.